The van der Waals surface area contributed by atoms with Crippen LogP contribution in [0.15, 0.2) is 30.5 Å². The van der Waals surface area contributed by atoms with Crippen molar-refractivity contribution in [2.45, 2.75) is 0 Å². The number of benzene rings is 1. The SMILES string of the molecule is FC#Cc1ccc2c[c]cnc2c1. The predicted octanol–water partition coefficient (Wildman–Crippen LogP) is 2.31. The Balaban J connectivity index is 2.66. The fraction of sp³-hybridized carbons (Fsp3) is 0. The summed E-state index contributed by atoms with van der Waals surface area (Å²) in [7, 11) is 0. The van der Waals surface area contributed by atoms with Crippen molar-refractivity contribution in [3.05, 3.63) is 42.1 Å². The molecule has 61 valence electrons. The number of fused-ring (bicyclic) bond motifs is 1. The van der Waals surface area contributed by atoms with E-state index in [1.165, 1.54) is 6.17 Å². The number of hydrogen-bond acceptors (Lipinski definition) is 1. The third-order valence-corrected chi connectivity index (χ3v) is 1.74. The van der Waals surface area contributed by atoms with Gasteiger partial charge in [-0.2, -0.15) is 0 Å². The van der Waals surface area contributed by atoms with Crippen LogP contribution in [0.4, 0.5) is 4.39 Å². The molecule has 1 radical (unpaired) electrons. The van der Waals surface area contributed by atoms with Crippen LogP contribution in [0.3, 0.4) is 0 Å². The van der Waals surface area contributed by atoms with Gasteiger partial charge >= 0.3 is 0 Å². The highest BCUT2D eigenvalue weighted by atomic mass is 19.1. The highest BCUT2D eigenvalue weighted by Gasteiger charge is 1.93. The lowest BCUT2D eigenvalue weighted by Crippen LogP contribution is -1.79. The van der Waals surface area contributed by atoms with Gasteiger partial charge in [0.25, 0.3) is 0 Å². The average molecular weight is 170 g/mol. The number of aromatic nitrogens is 1. The monoisotopic (exact) mass is 170 g/mol. The van der Waals surface area contributed by atoms with Gasteiger partial charge in [-0.25, -0.2) is 0 Å². The smallest absolute Gasteiger partial charge is 0.111 e. The first-order chi connectivity index (χ1) is 6.40. The summed E-state index contributed by atoms with van der Waals surface area (Å²) >= 11 is 0. The summed E-state index contributed by atoms with van der Waals surface area (Å²) in [6, 6.07) is 10.0. The first kappa shape index (κ1) is 7.75. The fourth-order valence-electron chi connectivity index (χ4n) is 1.14. The van der Waals surface area contributed by atoms with E-state index in [1.807, 2.05) is 12.1 Å². The molecule has 0 spiro atoms. The van der Waals surface area contributed by atoms with Crippen LogP contribution in [0.1, 0.15) is 5.56 Å². The largest absolute Gasteiger partial charge is 0.256 e. The molecule has 0 unspecified atom stereocenters. The Morgan fingerprint density at radius 3 is 3.15 bits per heavy atom. The molecule has 1 heterocycles. The predicted molar refractivity (Wildman–Crippen MR) is 48.6 cm³/mol. The third-order valence-electron chi connectivity index (χ3n) is 1.74. The van der Waals surface area contributed by atoms with Crippen LogP contribution in [0.25, 0.3) is 10.9 Å². The number of hydrogen-bond donors (Lipinski definition) is 0. The highest BCUT2D eigenvalue weighted by molar-refractivity contribution is 5.79. The summed E-state index contributed by atoms with van der Waals surface area (Å²) in [5.41, 5.74) is 1.44. The Kier molecular flexibility index (Phi) is 1.93. The molecule has 0 aliphatic rings. The van der Waals surface area contributed by atoms with E-state index in [9.17, 15) is 4.39 Å². The van der Waals surface area contributed by atoms with Gasteiger partial charge < -0.3 is 0 Å². The zero-order valence-electron chi connectivity index (χ0n) is 6.71. The lowest BCUT2D eigenvalue weighted by molar-refractivity contribution is 0.774. The summed E-state index contributed by atoms with van der Waals surface area (Å²) in [5, 5.41) is 0.979. The number of nitrogens with zero attached hydrogens (tertiary/aromatic N) is 1. The van der Waals surface area contributed by atoms with Gasteiger partial charge in [-0.1, -0.05) is 6.07 Å². The van der Waals surface area contributed by atoms with Crippen molar-refractivity contribution >= 4 is 10.9 Å². The Morgan fingerprint density at radius 2 is 2.31 bits per heavy atom. The molecule has 13 heavy (non-hydrogen) atoms. The minimum absolute atomic E-state index is 0.633. The Morgan fingerprint density at radius 1 is 1.38 bits per heavy atom. The third kappa shape index (κ3) is 1.50. The van der Waals surface area contributed by atoms with Crippen LogP contribution in [0.5, 0.6) is 0 Å². The maximum Gasteiger partial charge on any atom is 0.111 e. The quantitative estimate of drug-likeness (QED) is 0.553. The Labute approximate surface area is 75.2 Å². The van der Waals surface area contributed by atoms with Crippen molar-refractivity contribution in [3.63, 3.8) is 0 Å². The van der Waals surface area contributed by atoms with E-state index in [1.54, 1.807) is 18.3 Å². The van der Waals surface area contributed by atoms with Gasteiger partial charge in [0.2, 0.25) is 0 Å². The molecule has 0 saturated carbocycles. The minimum Gasteiger partial charge on any atom is -0.256 e. The molecule has 0 atom stereocenters. The fourth-order valence-corrected chi connectivity index (χ4v) is 1.14. The van der Waals surface area contributed by atoms with E-state index >= 15 is 0 Å². The molecular weight excluding hydrogens is 165 g/mol. The number of pyridine rings is 1. The van der Waals surface area contributed by atoms with Crippen LogP contribution in [-0.2, 0) is 0 Å². The molecule has 0 saturated heterocycles. The van der Waals surface area contributed by atoms with Gasteiger partial charge in [-0.05, 0) is 24.1 Å². The molecule has 1 aromatic heterocycles. The summed E-state index contributed by atoms with van der Waals surface area (Å²) in [5.74, 6) is 2.33. The molecule has 1 nitrogen and oxygen atoms in total. The normalized spacial score (nSPS) is 9.31. The first-order valence-corrected chi connectivity index (χ1v) is 3.77. The van der Waals surface area contributed by atoms with E-state index in [0.29, 0.717) is 5.56 Å². The van der Waals surface area contributed by atoms with E-state index in [2.05, 4.69) is 17.0 Å². The summed E-state index contributed by atoms with van der Waals surface area (Å²) in [4.78, 5) is 4.08. The van der Waals surface area contributed by atoms with Crippen LogP contribution in [-0.4, -0.2) is 4.98 Å². The van der Waals surface area contributed by atoms with Crippen LogP contribution >= 0.6 is 0 Å². The van der Waals surface area contributed by atoms with E-state index in [4.69, 9.17) is 0 Å². The molecule has 0 bridgehead atoms. The lowest BCUT2D eigenvalue weighted by atomic mass is 10.1. The zero-order chi connectivity index (χ0) is 9.10. The van der Waals surface area contributed by atoms with Gasteiger partial charge in [0.15, 0.2) is 0 Å². The van der Waals surface area contributed by atoms with Gasteiger partial charge in [-0.15, -0.1) is 4.39 Å². The summed E-state index contributed by atoms with van der Waals surface area (Å²) in [6.07, 6.45) is 2.94. The van der Waals surface area contributed by atoms with E-state index in [0.717, 1.165) is 10.9 Å². The second kappa shape index (κ2) is 3.24. The first-order valence-electron chi connectivity index (χ1n) is 3.77. The van der Waals surface area contributed by atoms with Gasteiger partial charge in [0.1, 0.15) is 6.17 Å². The second-order valence-electron chi connectivity index (χ2n) is 2.56. The molecule has 1 aromatic carbocycles. The maximum absolute atomic E-state index is 11.7. The molecule has 0 fully saturated rings. The molecule has 2 aromatic rings. The Hall–Kier alpha value is -1.88. The molecule has 2 heteroatoms. The molecule has 2 rings (SSSR count). The van der Waals surface area contributed by atoms with Crippen molar-refractivity contribution in [2.24, 2.45) is 0 Å². The van der Waals surface area contributed by atoms with Crippen LogP contribution in [0, 0.1) is 18.2 Å². The standard InChI is InChI=1S/C11H5FN/c12-6-5-9-3-4-10-2-1-7-13-11(10)8-9/h2-4,7-8H. The number of halogens is 1. The van der Waals surface area contributed by atoms with Gasteiger partial charge in [-0.3, -0.25) is 4.98 Å². The van der Waals surface area contributed by atoms with Crippen molar-refractivity contribution in [3.8, 4) is 12.1 Å². The van der Waals surface area contributed by atoms with Crippen molar-refractivity contribution in [2.75, 3.05) is 0 Å². The van der Waals surface area contributed by atoms with Crippen LogP contribution in [0.2, 0.25) is 0 Å². The lowest BCUT2D eigenvalue weighted by Gasteiger charge is -1.95. The molecule has 0 aliphatic heterocycles. The van der Waals surface area contributed by atoms with E-state index < -0.39 is 0 Å². The van der Waals surface area contributed by atoms with Gasteiger partial charge in [0.05, 0.1) is 5.52 Å². The second-order valence-corrected chi connectivity index (χ2v) is 2.56. The number of rotatable bonds is 0. The summed E-state index contributed by atoms with van der Waals surface area (Å²) in [6.45, 7) is 0. The summed E-state index contributed by atoms with van der Waals surface area (Å²) < 4.78 is 11.7. The van der Waals surface area contributed by atoms with Crippen molar-refractivity contribution in [1.82, 2.24) is 4.98 Å². The molecule has 0 N–H and O–H groups in total. The molecular formula is C11H5FN. The highest BCUT2D eigenvalue weighted by Crippen LogP contribution is 2.11. The topological polar surface area (TPSA) is 12.9 Å². The maximum atomic E-state index is 11.7. The van der Waals surface area contributed by atoms with E-state index in [-0.39, 0.29) is 0 Å². The average Bonchev–Trinajstić information content (AvgIpc) is 2.18. The van der Waals surface area contributed by atoms with Crippen LogP contribution < -0.4 is 0 Å². The molecule has 0 amide bonds. The minimum atomic E-state index is 0.633. The molecule has 0 aliphatic carbocycles. The van der Waals surface area contributed by atoms with Crippen molar-refractivity contribution in [1.29, 1.82) is 0 Å². The Bertz CT molecular complexity index is 494. The van der Waals surface area contributed by atoms with Gasteiger partial charge in [0, 0.05) is 23.2 Å². The zero-order valence-corrected chi connectivity index (χ0v) is 6.71. The van der Waals surface area contributed by atoms with Crippen molar-refractivity contribution < 1.29 is 4.39 Å².